The second-order valence-corrected chi connectivity index (χ2v) is 5.20. The van der Waals surface area contributed by atoms with E-state index in [1.165, 1.54) is 38.5 Å². The fraction of sp³-hybridized carbons (Fsp3) is 0.714. The number of imidazole rings is 1. The van der Waals surface area contributed by atoms with Crippen LogP contribution in [0.3, 0.4) is 0 Å². The average molecular weight is 249 g/mol. The van der Waals surface area contributed by atoms with Crippen LogP contribution in [0.25, 0.3) is 0 Å². The summed E-state index contributed by atoms with van der Waals surface area (Å²) >= 11 is 0. The summed E-state index contributed by atoms with van der Waals surface area (Å²) in [6.45, 7) is 0.680. The van der Waals surface area contributed by atoms with Gasteiger partial charge in [0.1, 0.15) is 5.82 Å². The number of rotatable bonds is 5. The van der Waals surface area contributed by atoms with Gasteiger partial charge in [-0.15, -0.1) is 0 Å². The van der Waals surface area contributed by atoms with Crippen molar-refractivity contribution < 1.29 is 4.79 Å². The predicted octanol–water partition coefficient (Wildman–Crippen LogP) is 2.43. The molecule has 2 N–H and O–H groups in total. The Labute approximate surface area is 109 Å². The second kappa shape index (κ2) is 7.19. The first-order valence-electron chi connectivity index (χ1n) is 7.09. The molecule has 18 heavy (non-hydrogen) atoms. The molecule has 100 valence electrons. The Balaban J connectivity index is 1.62. The molecule has 1 fully saturated rings. The lowest BCUT2D eigenvalue weighted by atomic mass is 9.96. The first-order chi connectivity index (χ1) is 8.84. The highest BCUT2D eigenvalue weighted by Gasteiger charge is 2.15. The van der Waals surface area contributed by atoms with E-state index in [4.69, 9.17) is 0 Å². The summed E-state index contributed by atoms with van der Waals surface area (Å²) in [5.74, 6) is 1.74. The van der Waals surface area contributed by atoms with Gasteiger partial charge in [-0.05, 0) is 18.8 Å². The maximum Gasteiger partial charge on any atom is 0.220 e. The van der Waals surface area contributed by atoms with Crippen LogP contribution in [-0.4, -0.2) is 22.4 Å². The molecule has 0 radical (unpaired) electrons. The van der Waals surface area contributed by atoms with Gasteiger partial charge in [-0.1, -0.05) is 25.7 Å². The van der Waals surface area contributed by atoms with Gasteiger partial charge in [0, 0.05) is 31.8 Å². The van der Waals surface area contributed by atoms with Crippen LogP contribution in [0.4, 0.5) is 0 Å². The number of aromatic nitrogens is 2. The van der Waals surface area contributed by atoms with Crippen LogP contribution in [0, 0.1) is 5.92 Å². The number of amides is 1. The Morgan fingerprint density at radius 2 is 2.11 bits per heavy atom. The number of hydrogen-bond acceptors (Lipinski definition) is 2. The van der Waals surface area contributed by atoms with Crippen LogP contribution >= 0.6 is 0 Å². The number of aromatic amines is 1. The van der Waals surface area contributed by atoms with E-state index in [2.05, 4.69) is 15.3 Å². The zero-order valence-electron chi connectivity index (χ0n) is 11.0. The van der Waals surface area contributed by atoms with Gasteiger partial charge in [-0.3, -0.25) is 4.79 Å². The Hall–Kier alpha value is -1.32. The van der Waals surface area contributed by atoms with Gasteiger partial charge in [0.2, 0.25) is 5.91 Å². The van der Waals surface area contributed by atoms with Crippen molar-refractivity contribution in [3.8, 4) is 0 Å². The molecule has 2 rings (SSSR count). The molecule has 1 aliphatic rings. The van der Waals surface area contributed by atoms with Crippen LogP contribution in [0.2, 0.25) is 0 Å². The molecule has 0 unspecified atom stereocenters. The number of nitrogens with one attached hydrogen (secondary N) is 2. The average Bonchev–Trinajstić information content (AvgIpc) is 2.74. The lowest BCUT2D eigenvalue weighted by molar-refractivity contribution is -0.122. The monoisotopic (exact) mass is 249 g/mol. The maximum absolute atomic E-state index is 11.8. The predicted molar refractivity (Wildman–Crippen MR) is 71.1 cm³/mol. The van der Waals surface area contributed by atoms with Crippen LogP contribution < -0.4 is 5.32 Å². The zero-order valence-corrected chi connectivity index (χ0v) is 11.0. The Morgan fingerprint density at radius 3 is 2.78 bits per heavy atom. The summed E-state index contributed by atoms with van der Waals surface area (Å²) in [5.41, 5.74) is 0. The highest BCUT2D eigenvalue weighted by atomic mass is 16.1. The molecular weight excluding hydrogens is 226 g/mol. The topological polar surface area (TPSA) is 57.8 Å². The summed E-state index contributed by atoms with van der Waals surface area (Å²) < 4.78 is 0. The summed E-state index contributed by atoms with van der Waals surface area (Å²) in [4.78, 5) is 19.0. The Bertz CT molecular complexity index is 340. The van der Waals surface area contributed by atoms with E-state index in [-0.39, 0.29) is 5.91 Å². The van der Waals surface area contributed by atoms with Crippen molar-refractivity contribution in [3.63, 3.8) is 0 Å². The minimum Gasteiger partial charge on any atom is -0.356 e. The van der Waals surface area contributed by atoms with Crippen molar-refractivity contribution in [2.24, 2.45) is 5.92 Å². The quantitative estimate of drug-likeness (QED) is 0.787. The largest absolute Gasteiger partial charge is 0.356 e. The number of hydrogen-bond donors (Lipinski definition) is 2. The first-order valence-corrected chi connectivity index (χ1v) is 7.09. The first kappa shape index (κ1) is 13.1. The van der Waals surface area contributed by atoms with Crippen molar-refractivity contribution in [1.82, 2.24) is 15.3 Å². The maximum atomic E-state index is 11.8. The zero-order chi connectivity index (χ0) is 12.6. The van der Waals surface area contributed by atoms with E-state index < -0.39 is 0 Å². The van der Waals surface area contributed by atoms with Gasteiger partial charge in [-0.25, -0.2) is 4.98 Å². The minimum atomic E-state index is 0.202. The summed E-state index contributed by atoms with van der Waals surface area (Å²) in [6.07, 6.45) is 12.8. The molecule has 0 aromatic carbocycles. The molecular formula is C14H23N3O. The van der Waals surface area contributed by atoms with Crippen LogP contribution in [-0.2, 0) is 11.2 Å². The number of nitrogens with zero attached hydrogens (tertiary/aromatic N) is 1. The van der Waals surface area contributed by atoms with Crippen molar-refractivity contribution in [2.45, 2.75) is 51.4 Å². The third kappa shape index (κ3) is 4.51. The molecule has 1 heterocycles. The van der Waals surface area contributed by atoms with E-state index in [9.17, 15) is 4.79 Å². The molecule has 1 amide bonds. The van der Waals surface area contributed by atoms with E-state index in [0.717, 1.165) is 12.2 Å². The van der Waals surface area contributed by atoms with Gasteiger partial charge >= 0.3 is 0 Å². The molecule has 1 aromatic rings. The summed E-state index contributed by atoms with van der Waals surface area (Å²) in [5, 5.41) is 2.99. The van der Waals surface area contributed by atoms with Crippen molar-refractivity contribution >= 4 is 5.91 Å². The molecule has 0 saturated heterocycles. The van der Waals surface area contributed by atoms with Crippen molar-refractivity contribution in [3.05, 3.63) is 18.2 Å². The highest BCUT2D eigenvalue weighted by Crippen LogP contribution is 2.25. The molecule has 0 spiro atoms. The smallest absolute Gasteiger partial charge is 0.220 e. The fourth-order valence-electron chi connectivity index (χ4n) is 2.66. The summed E-state index contributed by atoms with van der Waals surface area (Å²) in [7, 11) is 0. The third-order valence-corrected chi connectivity index (χ3v) is 3.69. The molecule has 1 saturated carbocycles. The van der Waals surface area contributed by atoms with Crippen LogP contribution in [0.15, 0.2) is 12.4 Å². The molecule has 4 nitrogen and oxygen atoms in total. The highest BCUT2D eigenvalue weighted by molar-refractivity contribution is 5.76. The third-order valence-electron chi connectivity index (χ3n) is 3.69. The SMILES string of the molecule is O=C(CC1CCCCCC1)NCCc1ncc[nH]1. The Morgan fingerprint density at radius 1 is 1.33 bits per heavy atom. The van der Waals surface area contributed by atoms with Gasteiger partial charge in [-0.2, -0.15) is 0 Å². The lowest BCUT2D eigenvalue weighted by Crippen LogP contribution is -2.27. The minimum absolute atomic E-state index is 0.202. The van der Waals surface area contributed by atoms with E-state index in [0.29, 0.717) is 18.9 Å². The van der Waals surface area contributed by atoms with Crippen LogP contribution in [0.5, 0.6) is 0 Å². The van der Waals surface area contributed by atoms with E-state index >= 15 is 0 Å². The van der Waals surface area contributed by atoms with Crippen molar-refractivity contribution in [1.29, 1.82) is 0 Å². The molecule has 0 atom stereocenters. The summed E-state index contributed by atoms with van der Waals surface area (Å²) in [6, 6.07) is 0. The molecule has 4 heteroatoms. The normalized spacial score (nSPS) is 17.3. The number of H-pyrrole nitrogens is 1. The fourth-order valence-corrected chi connectivity index (χ4v) is 2.66. The van der Waals surface area contributed by atoms with Gasteiger partial charge in [0.05, 0.1) is 0 Å². The molecule has 0 bridgehead atoms. The number of carbonyl (C=O) groups is 1. The van der Waals surface area contributed by atoms with E-state index in [1.54, 1.807) is 6.20 Å². The van der Waals surface area contributed by atoms with Gasteiger partial charge < -0.3 is 10.3 Å². The second-order valence-electron chi connectivity index (χ2n) is 5.20. The van der Waals surface area contributed by atoms with Gasteiger partial charge in [0.15, 0.2) is 0 Å². The molecule has 1 aromatic heterocycles. The number of carbonyl (C=O) groups excluding carboxylic acids is 1. The van der Waals surface area contributed by atoms with Crippen molar-refractivity contribution in [2.75, 3.05) is 6.54 Å². The molecule has 1 aliphatic carbocycles. The van der Waals surface area contributed by atoms with E-state index in [1.807, 2.05) is 6.20 Å². The standard InChI is InChI=1S/C14H23N3O/c18-14(11-12-5-3-1-2-4-6-12)17-8-7-13-15-9-10-16-13/h9-10,12H,1-8,11H2,(H,15,16)(H,17,18). The van der Waals surface area contributed by atoms with Crippen LogP contribution in [0.1, 0.15) is 50.8 Å². The van der Waals surface area contributed by atoms with Gasteiger partial charge in [0.25, 0.3) is 0 Å². The lowest BCUT2D eigenvalue weighted by Gasteiger charge is -2.13. The Kier molecular flexibility index (Phi) is 5.24. The molecule has 0 aliphatic heterocycles.